The van der Waals surface area contributed by atoms with Crippen LogP contribution in [-0.2, 0) is 6.18 Å². The highest BCUT2D eigenvalue weighted by molar-refractivity contribution is 5.63. The molecule has 0 fully saturated rings. The Bertz CT molecular complexity index is 714. The normalized spacial score (nSPS) is 11.4. The molecule has 0 saturated heterocycles. The zero-order valence-corrected chi connectivity index (χ0v) is 11.2. The Morgan fingerprint density at radius 2 is 1.18 bits per heavy atom. The van der Waals surface area contributed by atoms with Crippen LogP contribution in [0, 0.1) is 0 Å². The Morgan fingerprint density at radius 1 is 0.682 bits per heavy atom. The number of halogens is 3. The number of hydrogen-bond donors (Lipinski definition) is 0. The van der Waals surface area contributed by atoms with Gasteiger partial charge in [-0.2, -0.15) is 13.2 Å². The molecule has 0 aliphatic heterocycles. The summed E-state index contributed by atoms with van der Waals surface area (Å²) < 4.78 is 39.3. The maximum atomic E-state index is 13.1. The summed E-state index contributed by atoms with van der Waals surface area (Å²) in [5.74, 6) is 0. The average molecular weight is 301 g/mol. The van der Waals surface area contributed by atoms with Crippen molar-refractivity contribution in [3.63, 3.8) is 0 Å². The van der Waals surface area contributed by atoms with Crippen molar-refractivity contribution < 1.29 is 13.2 Å². The van der Waals surface area contributed by atoms with Crippen molar-refractivity contribution in [2.45, 2.75) is 6.18 Å². The summed E-state index contributed by atoms with van der Waals surface area (Å²) in [5, 5.41) is 0. The molecule has 3 rings (SSSR count). The zero-order valence-electron chi connectivity index (χ0n) is 11.2. The van der Waals surface area contributed by atoms with E-state index in [1.54, 1.807) is 36.4 Å². The smallest absolute Gasteiger partial charge is 0.255 e. The highest BCUT2D eigenvalue weighted by Gasteiger charge is 2.32. The zero-order chi connectivity index (χ0) is 15.6. The minimum absolute atomic E-state index is 0.163. The quantitative estimate of drug-likeness (QED) is 0.711. The largest absolute Gasteiger partial charge is 0.416 e. The Morgan fingerprint density at radius 3 is 1.55 bits per heavy atom. The second-order valence-electron chi connectivity index (χ2n) is 4.55. The van der Waals surface area contributed by atoms with Gasteiger partial charge in [0, 0.05) is 12.4 Å². The first-order valence-corrected chi connectivity index (χ1v) is 6.46. The topological polar surface area (TPSA) is 38.7 Å². The van der Waals surface area contributed by atoms with Gasteiger partial charge in [-0.05, 0) is 36.4 Å². The summed E-state index contributed by atoms with van der Waals surface area (Å²) in [5.41, 5.74) is 0.313. The van der Waals surface area contributed by atoms with Crippen LogP contribution in [0.25, 0.3) is 22.8 Å². The Hall–Kier alpha value is -2.76. The predicted molar refractivity (Wildman–Crippen MR) is 75.7 cm³/mol. The molecule has 3 nitrogen and oxygen atoms in total. The lowest BCUT2D eigenvalue weighted by Crippen LogP contribution is -2.07. The van der Waals surface area contributed by atoms with Gasteiger partial charge in [-0.25, -0.2) is 4.98 Å². The monoisotopic (exact) mass is 301 g/mol. The van der Waals surface area contributed by atoms with Crippen LogP contribution in [0.15, 0.2) is 60.9 Å². The van der Waals surface area contributed by atoms with E-state index in [0.29, 0.717) is 11.4 Å². The second kappa shape index (κ2) is 5.55. The number of pyridine rings is 3. The molecule has 0 radical (unpaired) electrons. The molecule has 0 N–H and O–H groups in total. The number of nitrogens with zero attached hydrogens (tertiary/aromatic N) is 3. The molecule has 22 heavy (non-hydrogen) atoms. The molecule has 0 unspecified atom stereocenters. The van der Waals surface area contributed by atoms with Gasteiger partial charge in [-0.1, -0.05) is 12.1 Å². The first-order valence-electron chi connectivity index (χ1n) is 6.46. The van der Waals surface area contributed by atoms with Crippen LogP contribution >= 0.6 is 0 Å². The number of alkyl halides is 3. The molecule has 0 amide bonds. The molecule has 0 saturated carbocycles. The van der Waals surface area contributed by atoms with Crippen LogP contribution in [0.3, 0.4) is 0 Å². The lowest BCUT2D eigenvalue weighted by Gasteiger charge is -2.11. The van der Waals surface area contributed by atoms with Crippen LogP contribution < -0.4 is 0 Å². The van der Waals surface area contributed by atoms with Gasteiger partial charge in [0.25, 0.3) is 0 Å². The summed E-state index contributed by atoms with van der Waals surface area (Å²) in [6.45, 7) is 0. The van der Waals surface area contributed by atoms with Gasteiger partial charge < -0.3 is 0 Å². The summed E-state index contributed by atoms with van der Waals surface area (Å²) >= 11 is 0. The Labute approximate surface area is 124 Å². The predicted octanol–water partition coefficient (Wildman–Crippen LogP) is 4.22. The van der Waals surface area contributed by atoms with E-state index in [0.717, 1.165) is 12.1 Å². The van der Waals surface area contributed by atoms with Crippen LogP contribution in [0.2, 0.25) is 0 Å². The van der Waals surface area contributed by atoms with Crippen LogP contribution in [0.1, 0.15) is 5.56 Å². The minimum atomic E-state index is -4.46. The fourth-order valence-electron chi connectivity index (χ4n) is 1.99. The molecule has 3 heterocycles. The second-order valence-corrected chi connectivity index (χ2v) is 4.55. The van der Waals surface area contributed by atoms with Crippen LogP contribution in [0.5, 0.6) is 0 Å². The molecule has 0 aromatic carbocycles. The van der Waals surface area contributed by atoms with Crippen molar-refractivity contribution in [3.8, 4) is 22.8 Å². The van der Waals surface area contributed by atoms with E-state index in [1.807, 2.05) is 0 Å². The molecule has 3 aromatic rings. The molecule has 0 aliphatic carbocycles. The van der Waals surface area contributed by atoms with Crippen LogP contribution in [0.4, 0.5) is 13.2 Å². The van der Waals surface area contributed by atoms with Crippen molar-refractivity contribution >= 4 is 0 Å². The Kier molecular flexibility index (Phi) is 3.58. The van der Waals surface area contributed by atoms with E-state index < -0.39 is 11.7 Å². The van der Waals surface area contributed by atoms with Gasteiger partial charge in [0.05, 0.1) is 28.3 Å². The third-order valence-electron chi connectivity index (χ3n) is 3.01. The summed E-state index contributed by atoms with van der Waals surface area (Å²) in [7, 11) is 0. The molecule has 0 atom stereocenters. The van der Waals surface area contributed by atoms with E-state index in [9.17, 15) is 13.2 Å². The van der Waals surface area contributed by atoms with Crippen molar-refractivity contribution in [1.82, 2.24) is 15.0 Å². The fraction of sp³-hybridized carbons (Fsp3) is 0.0625. The standard InChI is InChI=1S/C16H10F3N3/c17-16(18,19)11-9-14(12-5-1-3-7-20-12)22-15(10-11)13-6-2-4-8-21-13/h1-10H. The van der Waals surface area contributed by atoms with Gasteiger partial charge in [-0.3, -0.25) is 9.97 Å². The fourth-order valence-corrected chi connectivity index (χ4v) is 1.99. The van der Waals surface area contributed by atoms with E-state index in [4.69, 9.17) is 0 Å². The van der Waals surface area contributed by atoms with E-state index >= 15 is 0 Å². The molecular weight excluding hydrogens is 291 g/mol. The third-order valence-corrected chi connectivity index (χ3v) is 3.01. The molecular formula is C16H10F3N3. The number of rotatable bonds is 2. The molecule has 3 aromatic heterocycles. The molecule has 0 spiro atoms. The molecule has 110 valence electrons. The highest BCUT2D eigenvalue weighted by atomic mass is 19.4. The molecule has 0 bridgehead atoms. The average Bonchev–Trinajstić information content (AvgIpc) is 2.55. The van der Waals surface area contributed by atoms with Crippen molar-refractivity contribution in [1.29, 1.82) is 0 Å². The minimum Gasteiger partial charge on any atom is -0.255 e. The SMILES string of the molecule is FC(F)(F)c1cc(-c2ccccn2)nc(-c2ccccn2)c1. The molecule has 6 heteroatoms. The van der Waals surface area contributed by atoms with Gasteiger partial charge >= 0.3 is 6.18 Å². The number of hydrogen-bond acceptors (Lipinski definition) is 3. The van der Waals surface area contributed by atoms with Gasteiger partial charge in [0.2, 0.25) is 0 Å². The summed E-state index contributed by atoms with van der Waals surface area (Å²) in [4.78, 5) is 12.4. The summed E-state index contributed by atoms with van der Waals surface area (Å²) in [6.07, 6.45) is -1.44. The first kappa shape index (κ1) is 14.2. The van der Waals surface area contributed by atoms with Gasteiger partial charge in [-0.15, -0.1) is 0 Å². The number of aromatic nitrogens is 3. The van der Waals surface area contributed by atoms with Gasteiger partial charge in [0.15, 0.2) is 0 Å². The lowest BCUT2D eigenvalue weighted by molar-refractivity contribution is -0.137. The van der Waals surface area contributed by atoms with E-state index in [1.165, 1.54) is 12.4 Å². The first-order chi connectivity index (χ1) is 10.5. The van der Waals surface area contributed by atoms with Gasteiger partial charge in [0.1, 0.15) is 0 Å². The summed E-state index contributed by atoms with van der Waals surface area (Å²) in [6, 6.07) is 12.0. The van der Waals surface area contributed by atoms with E-state index in [2.05, 4.69) is 15.0 Å². The maximum absolute atomic E-state index is 13.1. The Balaban J connectivity index is 2.19. The lowest BCUT2D eigenvalue weighted by atomic mass is 10.1. The third kappa shape index (κ3) is 2.95. The van der Waals surface area contributed by atoms with Crippen molar-refractivity contribution in [2.24, 2.45) is 0 Å². The highest BCUT2D eigenvalue weighted by Crippen LogP contribution is 2.33. The molecule has 0 aliphatic rings. The van der Waals surface area contributed by atoms with Crippen LogP contribution in [-0.4, -0.2) is 15.0 Å². The van der Waals surface area contributed by atoms with Crippen molar-refractivity contribution in [2.75, 3.05) is 0 Å². The van der Waals surface area contributed by atoms with E-state index in [-0.39, 0.29) is 11.4 Å². The maximum Gasteiger partial charge on any atom is 0.416 e. The van der Waals surface area contributed by atoms with Crippen molar-refractivity contribution in [3.05, 3.63) is 66.5 Å².